The molecule has 1 aliphatic carbocycles. The fourth-order valence-corrected chi connectivity index (χ4v) is 2.35. The zero-order chi connectivity index (χ0) is 12.3. The predicted molar refractivity (Wildman–Crippen MR) is 63.5 cm³/mol. The Kier molecular flexibility index (Phi) is 4.12. The Morgan fingerprint density at radius 2 is 2.24 bits per heavy atom. The van der Waals surface area contributed by atoms with E-state index in [0.717, 1.165) is 12.8 Å². The van der Waals surface area contributed by atoms with Crippen LogP contribution in [0.2, 0.25) is 0 Å². The van der Waals surface area contributed by atoms with Crippen LogP contribution in [-0.2, 0) is 4.74 Å². The van der Waals surface area contributed by atoms with E-state index in [9.17, 15) is 0 Å². The Labute approximate surface area is 102 Å². The first kappa shape index (κ1) is 12.5. The van der Waals surface area contributed by atoms with Crippen LogP contribution in [-0.4, -0.2) is 22.8 Å². The van der Waals surface area contributed by atoms with E-state index < -0.39 is 0 Å². The smallest absolute Gasteiger partial charge is 0.231 e. The summed E-state index contributed by atoms with van der Waals surface area (Å²) in [5.41, 5.74) is 6.10. The summed E-state index contributed by atoms with van der Waals surface area (Å²) < 4.78 is 10.8. The number of nitrogens with two attached hydrogens (primary N) is 1. The van der Waals surface area contributed by atoms with Gasteiger partial charge in [0.05, 0.1) is 5.92 Å². The predicted octanol–water partition coefficient (Wildman–Crippen LogP) is 2.15. The minimum absolute atomic E-state index is 0.114. The minimum Gasteiger partial charge on any atom is -0.371 e. The maximum absolute atomic E-state index is 6.10. The average Bonchev–Trinajstić information content (AvgIpc) is 2.79. The van der Waals surface area contributed by atoms with Gasteiger partial charge in [-0.1, -0.05) is 18.0 Å². The molecule has 0 aliphatic heterocycles. The molecule has 1 aromatic rings. The van der Waals surface area contributed by atoms with Crippen LogP contribution in [0.5, 0.6) is 0 Å². The number of ether oxygens (including phenoxy) is 1. The van der Waals surface area contributed by atoms with Crippen LogP contribution in [0.4, 0.5) is 0 Å². The summed E-state index contributed by atoms with van der Waals surface area (Å²) in [5, 5.41) is 3.98. The van der Waals surface area contributed by atoms with Gasteiger partial charge in [-0.05, 0) is 26.7 Å². The zero-order valence-corrected chi connectivity index (χ0v) is 10.6. The van der Waals surface area contributed by atoms with Gasteiger partial charge in [-0.15, -0.1) is 0 Å². The van der Waals surface area contributed by atoms with Crippen molar-refractivity contribution in [1.29, 1.82) is 0 Å². The zero-order valence-electron chi connectivity index (χ0n) is 10.6. The topological polar surface area (TPSA) is 74.2 Å². The molecule has 96 valence electrons. The summed E-state index contributed by atoms with van der Waals surface area (Å²) in [6.07, 6.45) is 4.37. The molecular weight excluding hydrogens is 218 g/mol. The Bertz CT molecular complexity index is 353. The SMILES string of the molecule is CCOC(C)c1noc(C2CCCCC2N)n1. The minimum atomic E-state index is -0.114. The van der Waals surface area contributed by atoms with E-state index in [-0.39, 0.29) is 18.1 Å². The third kappa shape index (κ3) is 2.84. The molecule has 1 aliphatic rings. The average molecular weight is 239 g/mol. The second-order valence-corrected chi connectivity index (χ2v) is 4.64. The molecule has 3 unspecified atom stereocenters. The molecule has 5 nitrogen and oxygen atoms in total. The van der Waals surface area contributed by atoms with Gasteiger partial charge in [0.15, 0.2) is 5.82 Å². The molecule has 2 rings (SSSR count). The number of aromatic nitrogens is 2. The van der Waals surface area contributed by atoms with E-state index in [0.29, 0.717) is 18.3 Å². The molecule has 1 saturated carbocycles. The summed E-state index contributed by atoms with van der Waals surface area (Å²) in [4.78, 5) is 4.42. The van der Waals surface area contributed by atoms with Gasteiger partial charge >= 0.3 is 0 Å². The van der Waals surface area contributed by atoms with Crippen molar-refractivity contribution in [2.75, 3.05) is 6.61 Å². The molecule has 1 aromatic heterocycles. The van der Waals surface area contributed by atoms with Gasteiger partial charge in [-0.3, -0.25) is 0 Å². The maximum atomic E-state index is 6.10. The van der Waals surface area contributed by atoms with E-state index in [2.05, 4.69) is 10.1 Å². The van der Waals surface area contributed by atoms with Gasteiger partial charge in [0.25, 0.3) is 0 Å². The number of hydrogen-bond acceptors (Lipinski definition) is 5. The maximum Gasteiger partial charge on any atom is 0.231 e. The standard InChI is InChI=1S/C12H21N3O2/c1-3-16-8(2)11-14-12(17-15-11)9-6-4-5-7-10(9)13/h8-10H,3-7,13H2,1-2H3. The molecule has 1 heterocycles. The quantitative estimate of drug-likeness (QED) is 0.871. The van der Waals surface area contributed by atoms with Gasteiger partial charge in [-0.2, -0.15) is 4.98 Å². The molecule has 0 spiro atoms. The van der Waals surface area contributed by atoms with Gasteiger partial charge < -0.3 is 15.0 Å². The Balaban J connectivity index is 2.06. The number of nitrogens with zero attached hydrogens (tertiary/aromatic N) is 2. The highest BCUT2D eigenvalue weighted by molar-refractivity contribution is 5.01. The molecule has 0 amide bonds. The lowest BCUT2D eigenvalue weighted by Crippen LogP contribution is -2.31. The number of rotatable bonds is 4. The van der Waals surface area contributed by atoms with E-state index >= 15 is 0 Å². The monoisotopic (exact) mass is 239 g/mol. The van der Waals surface area contributed by atoms with Crippen molar-refractivity contribution in [2.45, 2.75) is 57.6 Å². The van der Waals surface area contributed by atoms with Crippen LogP contribution in [0.25, 0.3) is 0 Å². The molecule has 1 fully saturated rings. The highest BCUT2D eigenvalue weighted by Crippen LogP contribution is 2.31. The van der Waals surface area contributed by atoms with Crippen molar-refractivity contribution in [1.82, 2.24) is 10.1 Å². The van der Waals surface area contributed by atoms with E-state index in [1.807, 2.05) is 13.8 Å². The summed E-state index contributed by atoms with van der Waals surface area (Å²) in [6, 6.07) is 0.152. The molecule has 2 N–H and O–H groups in total. The van der Waals surface area contributed by atoms with E-state index in [4.69, 9.17) is 15.0 Å². The fraction of sp³-hybridized carbons (Fsp3) is 0.833. The lowest BCUT2D eigenvalue weighted by molar-refractivity contribution is 0.0683. The molecule has 0 radical (unpaired) electrons. The highest BCUT2D eigenvalue weighted by atomic mass is 16.5. The van der Waals surface area contributed by atoms with Crippen LogP contribution in [0.3, 0.4) is 0 Å². The lowest BCUT2D eigenvalue weighted by Gasteiger charge is -2.25. The van der Waals surface area contributed by atoms with Crippen molar-refractivity contribution >= 4 is 0 Å². The van der Waals surface area contributed by atoms with Crippen LogP contribution in [0.15, 0.2) is 4.52 Å². The van der Waals surface area contributed by atoms with Crippen molar-refractivity contribution in [3.63, 3.8) is 0 Å². The van der Waals surface area contributed by atoms with Crippen LogP contribution >= 0.6 is 0 Å². The molecule has 5 heteroatoms. The normalized spacial score (nSPS) is 27.0. The highest BCUT2D eigenvalue weighted by Gasteiger charge is 2.29. The van der Waals surface area contributed by atoms with Crippen molar-refractivity contribution in [2.24, 2.45) is 5.73 Å². The second kappa shape index (κ2) is 5.60. The molecule has 0 bridgehead atoms. The molecular formula is C12H21N3O2. The van der Waals surface area contributed by atoms with Gasteiger partial charge in [-0.25, -0.2) is 0 Å². The van der Waals surface area contributed by atoms with Crippen molar-refractivity contribution < 1.29 is 9.26 Å². The van der Waals surface area contributed by atoms with E-state index in [1.165, 1.54) is 12.8 Å². The first-order valence-corrected chi connectivity index (χ1v) is 6.43. The van der Waals surface area contributed by atoms with E-state index in [1.54, 1.807) is 0 Å². The second-order valence-electron chi connectivity index (χ2n) is 4.64. The van der Waals surface area contributed by atoms with Crippen molar-refractivity contribution in [3.8, 4) is 0 Å². The molecule has 0 aromatic carbocycles. The van der Waals surface area contributed by atoms with Crippen LogP contribution in [0, 0.1) is 0 Å². The molecule has 3 atom stereocenters. The van der Waals surface area contributed by atoms with Crippen LogP contribution in [0.1, 0.15) is 63.3 Å². The lowest BCUT2D eigenvalue weighted by atomic mass is 9.85. The summed E-state index contributed by atoms with van der Waals surface area (Å²) >= 11 is 0. The largest absolute Gasteiger partial charge is 0.371 e. The Morgan fingerprint density at radius 3 is 2.94 bits per heavy atom. The molecule has 0 saturated heterocycles. The third-order valence-electron chi connectivity index (χ3n) is 3.37. The van der Waals surface area contributed by atoms with Crippen molar-refractivity contribution in [3.05, 3.63) is 11.7 Å². The van der Waals surface area contributed by atoms with Crippen LogP contribution < -0.4 is 5.73 Å². The Hall–Kier alpha value is -0.940. The van der Waals surface area contributed by atoms with Gasteiger partial charge in [0.2, 0.25) is 5.89 Å². The molecule has 17 heavy (non-hydrogen) atoms. The third-order valence-corrected chi connectivity index (χ3v) is 3.37. The summed E-state index contributed by atoms with van der Waals surface area (Å²) in [7, 11) is 0. The Morgan fingerprint density at radius 1 is 1.47 bits per heavy atom. The van der Waals surface area contributed by atoms with Gasteiger partial charge in [0.1, 0.15) is 6.10 Å². The summed E-state index contributed by atoms with van der Waals surface area (Å²) in [5.74, 6) is 1.53. The fourth-order valence-electron chi connectivity index (χ4n) is 2.35. The van der Waals surface area contributed by atoms with Gasteiger partial charge in [0, 0.05) is 12.6 Å². The first-order valence-electron chi connectivity index (χ1n) is 6.43. The first-order chi connectivity index (χ1) is 8.22. The summed E-state index contributed by atoms with van der Waals surface area (Å²) in [6.45, 7) is 4.53. The number of hydrogen-bond donors (Lipinski definition) is 1.